The van der Waals surface area contributed by atoms with Gasteiger partial charge in [0, 0.05) is 0 Å². The Balaban J connectivity index is 2.40. The van der Waals surface area contributed by atoms with Crippen LogP contribution in [0.4, 0.5) is 0 Å². The van der Waals surface area contributed by atoms with Crippen molar-refractivity contribution in [3.8, 4) is 0 Å². The molecule has 0 aromatic rings. The van der Waals surface area contributed by atoms with E-state index in [0.29, 0.717) is 0 Å². The van der Waals surface area contributed by atoms with Crippen molar-refractivity contribution in [2.45, 2.75) is 0 Å². The highest BCUT2D eigenvalue weighted by molar-refractivity contribution is 5.44. The van der Waals surface area contributed by atoms with Crippen molar-refractivity contribution >= 4 is 6.41 Å². The summed E-state index contributed by atoms with van der Waals surface area (Å²) in [6.07, 6.45) is 1.30. The summed E-state index contributed by atoms with van der Waals surface area (Å²) in [5, 5.41) is 0. The van der Waals surface area contributed by atoms with E-state index in [2.05, 4.69) is 4.84 Å². The maximum absolute atomic E-state index is 9.04. The first kappa shape index (κ1) is 4.43. The van der Waals surface area contributed by atoms with Gasteiger partial charge in [-0.15, -0.1) is 0 Å². The number of amides is 1. The molecule has 3 nitrogen and oxygen atoms in total. The average Bonchev–Trinajstić information content (AvgIpc) is 1.41. The van der Waals surface area contributed by atoms with Crippen molar-refractivity contribution in [2.75, 3.05) is 7.11 Å². The van der Waals surface area contributed by atoms with Crippen LogP contribution in [0.15, 0.2) is 0 Å². The van der Waals surface area contributed by atoms with Crippen LogP contribution in [-0.4, -0.2) is 13.5 Å². The molecule has 3 heteroatoms. The van der Waals surface area contributed by atoms with E-state index in [1.807, 2.05) is 0 Å². The molecule has 0 aliphatic carbocycles. The lowest BCUT2D eigenvalue weighted by molar-refractivity contribution is 0.141. The number of rotatable bonds is 2. The Morgan fingerprint density at radius 1 is 2.00 bits per heavy atom. The van der Waals surface area contributed by atoms with E-state index in [9.17, 15) is 0 Å². The quantitative estimate of drug-likeness (QED) is 0.344. The Bertz CT molecular complexity index is 28.8. The molecule has 0 aliphatic rings. The number of hydroxylamine groups is 1. The fourth-order valence-corrected chi connectivity index (χ4v) is 0.0417. The van der Waals surface area contributed by atoms with Gasteiger partial charge in [0.05, 0.1) is 7.11 Å². The summed E-state index contributed by atoms with van der Waals surface area (Å²) in [5.74, 6) is 0. The van der Waals surface area contributed by atoms with Crippen LogP contribution >= 0.6 is 0 Å². The van der Waals surface area contributed by atoms with Crippen molar-refractivity contribution in [2.24, 2.45) is 0 Å². The van der Waals surface area contributed by atoms with Crippen molar-refractivity contribution in [3.05, 3.63) is 0 Å². The van der Waals surface area contributed by atoms with Gasteiger partial charge in [0.2, 0.25) is 0 Å². The fourth-order valence-electron chi connectivity index (χ4n) is 0.0417. The van der Waals surface area contributed by atoms with Gasteiger partial charge in [-0.05, 0) is 0 Å². The Morgan fingerprint density at radius 2 is 2.60 bits per heavy atom. The van der Waals surface area contributed by atoms with Gasteiger partial charge in [-0.2, -0.15) is 0 Å². The minimum Gasteiger partial charge on any atom is -0.277 e. The van der Waals surface area contributed by atoms with E-state index in [1.165, 1.54) is 13.5 Å². The molecule has 0 atom stereocenters. The summed E-state index contributed by atoms with van der Waals surface area (Å²) in [6.45, 7) is 0. The lowest BCUT2D eigenvalue weighted by Gasteiger charge is -1.80. The van der Waals surface area contributed by atoms with Crippen LogP contribution in [0.2, 0.25) is 0 Å². The minimum atomic E-state index is 1.30. The fraction of sp³-hybridized carbons (Fsp3) is 0.500. The van der Waals surface area contributed by atoms with Crippen molar-refractivity contribution in [3.63, 3.8) is 0 Å². The molecule has 0 aromatic carbocycles. The molecule has 0 bridgehead atoms. The van der Waals surface area contributed by atoms with E-state index >= 15 is 0 Å². The Labute approximate surface area is 29.9 Å². The number of nitrogens with one attached hydrogen (secondary N) is 1. The molecule has 5 heavy (non-hydrogen) atoms. The van der Waals surface area contributed by atoms with Gasteiger partial charge in [0.15, 0.2) is 0 Å². The molecule has 1 N–H and O–H groups in total. The maximum atomic E-state index is 9.04. The summed E-state index contributed by atoms with van der Waals surface area (Å²) in [6, 6.07) is 0. The molecular formula is C2H4NO2. The van der Waals surface area contributed by atoms with Gasteiger partial charge in [-0.1, -0.05) is 0 Å². The number of hydrogen-bond donors (Lipinski definition) is 1. The van der Waals surface area contributed by atoms with Gasteiger partial charge in [0.1, 0.15) is 0 Å². The summed E-state index contributed by atoms with van der Waals surface area (Å²) >= 11 is 0. The lowest BCUT2D eigenvalue weighted by atomic mass is 11.4. The molecule has 0 spiro atoms. The van der Waals surface area contributed by atoms with Gasteiger partial charge in [-0.3, -0.25) is 9.63 Å². The Hall–Kier alpha value is -0.570. The van der Waals surface area contributed by atoms with Crippen LogP contribution in [0, 0.1) is 0 Å². The van der Waals surface area contributed by atoms with Crippen LogP contribution < -0.4 is 5.48 Å². The van der Waals surface area contributed by atoms with Gasteiger partial charge < -0.3 is 0 Å². The smallest absolute Gasteiger partial charge is 0.277 e. The van der Waals surface area contributed by atoms with E-state index in [0.717, 1.165) is 0 Å². The van der Waals surface area contributed by atoms with Crippen LogP contribution in [0.1, 0.15) is 0 Å². The van der Waals surface area contributed by atoms with Crippen LogP contribution in [0.5, 0.6) is 0 Å². The van der Waals surface area contributed by atoms with Crippen molar-refractivity contribution in [1.82, 2.24) is 5.48 Å². The predicted molar refractivity (Wildman–Crippen MR) is 15.8 cm³/mol. The standard InChI is InChI=1S/C2H4NO2/c1-5-3-2-4/h1H3,(H,3,4). The van der Waals surface area contributed by atoms with Gasteiger partial charge >= 0.3 is 6.41 Å². The molecule has 0 saturated carbocycles. The normalized spacial score (nSPS) is 6.60. The zero-order valence-corrected chi connectivity index (χ0v) is 2.82. The second-order valence-electron chi connectivity index (χ2n) is 0.408. The Kier molecular flexibility index (Phi) is 3.04. The first-order valence-corrected chi connectivity index (χ1v) is 1.07. The zero-order chi connectivity index (χ0) is 4.12. The third kappa shape index (κ3) is 3.43. The third-order valence-electron chi connectivity index (χ3n) is 0.144. The van der Waals surface area contributed by atoms with Gasteiger partial charge in [0.25, 0.3) is 0 Å². The highest BCUT2D eigenvalue weighted by Gasteiger charge is 1.60. The summed E-state index contributed by atoms with van der Waals surface area (Å²) in [5.41, 5.74) is 1.81. The molecule has 0 heterocycles. The largest absolute Gasteiger partial charge is 0.335 e. The molecular weight excluding hydrogens is 70.0 g/mol. The molecule has 0 aromatic heterocycles. The topological polar surface area (TPSA) is 38.3 Å². The lowest BCUT2D eigenvalue weighted by Crippen LogP contribution is -2.06. The van der Waals surface area contributed by atoms with E-state index < -0.39 is 0 Å². The zero-order valence-electron chi connectivity index (χ0n) is 2.82. The second-order valence-corrected chi connectivity index (χ2v) is 0.408. The SMILES string of the molecule is CON[C]=O. The van der Waals surface area contributed by atoms with Crippen LogP contribution in [-0.2, 0) is 9.63 Å². The van der Waals surface area contributed by atoms with E-state index in [1.54, 1.807) is 5.48 Å². The first-order chi connectivity index (χ1) is 2.41. The molecule has 0 saturated heterocycles. The third-order valence-corrected chi connectivity index (χ3v) is 0.144. The molecule has 0 fully saturated rings. The van der Waals surface area contributed by atoms with Gasteiger partial charge in [-0.25, -0.2) is 5.48 Å². The molecule has 0 aliphatic heterocycles. The number of hydrogen-bond acceptors (Lipinski definition) is 2. The van der Waals surface area contributed by atoms with Crippen molar-refractivity contribution in [1.29, 1.82) is 0 Å². The minimum absolute atomic E-state index is 1.30. The van der Waals surface area contributed by atoms with E-state index in [4.69, 9.17) is 4.79 Å². The van der Waals surface area contributed by atoms with Crippen molar-refractivity contribution < 1.29 is 9.63 Å². The molecule has 1 amide bonds. The summed E-state index contributed by atoms with van der Waals surface area (Å²) in [4.78, 5) is 13.1. The molecule has 0 rings (SSSR count). The van der Waals surface area contributed by atoms with E-state index in [-0.39, 0.29) is 0 Å². The van der Waals surface area contributed by atoms with Crippen LogP contribution in [0.3, 0.4) is 0 Å². The molecule has 0 unspecified atom stereocenters. The number of carbonyl (C=O) groups excluding carboxylic acids is 1. The predicted octanol–water partition coefficient (Wildman–Crippen LogP) is -0.795. The second kappa shape index (κ2) is 3.43. The Morgan fingerprint density at radius 3 is 2.60 bits per heavy atom. The molecule has 29 valence electrons. The summed E-state index contributed by atoms with van der Waals surface area (Å²) in [7, 11) is 1.34. The molecule has 1 radical (unpaired) electrons. The monoisotopic (exact) mass is 74.0 g/mol. The highest BCUT2D eigenvalue weighted by atomic mass is 16.6. The maximum Gasteiger partial charge on any atom is 0.335 e. The summed E-state index contributed by atoms with van der Waals surface area (Å²) < 4.78 is 0. The highest BCUT2D eigenvalue weighted by Crippen LogP contribution is 1.35. The average molecular weight is 74.1 g/mol. The first-order valence-electron chi connectivity index (χ1n) is 1.07. The van der Waals surface area contributed by atoms with Crippen LogP contribution in [0.25, 0.3) is 0 Å².